The lowest BCUT2D eigenvalue weighted by atomic mass is 10.2. The SMILES string of the molecule is COc1ccc(C)cc1S(=O)(=O)N(CC(=O)Nc1ccccc1Cl)c1ccc(Cl)c(Cl)c1. The summed E-state index contributed by atoms with van der Waals surface area (Å²) < 4.78 is 33.6. The molecular weight excluding hydrogens is 495 g/mol. The highest BCUT2D eigenvalue weighted by Crippen LogP contribution is 2.34. The van der Waals surface area contributed by atoms with Crippen LogP contribution in [0.2, 0.25) is 15.1 Å². The van der Waals surface area contributed by atoms with E-state index in [4.69, 9.17) is 39.5 Å². The zero-order valence-corrected chi connectivity index (χ0v) is 20.2. The number of carbonyl (C=O) groups is 1. The van der Waals surface area contributed by atoms with Crippen LogP contribution in [0.3, 0.4) is 0 Å². The van der Waals surface area contributed by atoms with Gasteiger partial charge in [0.05, 0.1) is 33.6 Å². The van der Waals surface area contributed by atoms with Gasteiger partial charge in [-0.05, 0) is 55.0 Å². The largest absolute Gasteiger partial charge is 0.495 e. The summed E-state index contributed by atoms with van der Waals surface area (Å²) in [5.74, 6) is -0.452. The van der Waals surface area contributed by atoms with Crippen LogP contribution >= 0.6 is 34.8 Å². The fraction of sp³-hybridized carbons (Fsp3) is 0.136. The Labute approximate surface area is 201 Å². The van der Waals surface area contributed by atoms with Crippen molar-refractivity contribution in [1.29, 1.82) is 0 Å². The molecule has 0 aliphatic heterocycles. The van der Waals surface area contributed by atoms with Gasteiger partial charge in [-0.25, -0.2) is 8.42 Å². The minimum Gasteiger partial charge on any atom is -0.495 e. The van der Waals surface area contributed by atoms with Gasteiger partial charge in [-0.3, -0.25) is 9.10 Å². The molecule has 0 heterocycles. The fourth-order valence-electron chi connectivity index (χ4n) is 2.94. The minimum atomic E-state index is -4.23. The number of aryl methyl sites for hydroxylation is 1. The third-order valence-electron chi connectivity index (χ3n) is 4.51. The van der Waals surface area contributed by atoms with Crippen molar-refractivity contribution in [3.05, 3.63) is 81.3 Å². The summed E-state index contributed by atoms with van der Waals surface area (Å²) in [5, 5.41) is 3.35. The summed E-state index contributed by atoms with van der Waals surface area (Å²) in [6, 6.07) is 15.7. The van der Waals surface area contributed by atoms with Gasteiger partial charge in [0.1, 0.15) is 17.2 Å². The quantitative estimate of drug-likeness (QED) is 0.433. The second kappa shape index (κ2) is 10.0. The van der Waals surface area contributed by atoms with Gasteiger partial charge in [-0.2, -0.15) is 0 Å². The molecule has 0 radical (unpaired) electrons. The van der Waals surface area contributed by atoms with Crippen LogP contribution in [0.4, 0.5) is 11.4 Å². The van der Waals surface area contributed by atoms with Crippen LogP contribution < -0.4 is 14.4 Å². The first-order valence-electron chi connectivity index (χ1n) is 9.30. The molecule has 0 aliphatic carbocycles. The van der Waals surface area contributed by atoms with E-state index in [1.165, 1.54) is 31.4 Å². The predicted molar refractivity (Wildman–Crippen MR) is 129 cm³/mol. The van der Waals surface area contributed by atoms with Gasteiger partial charge in [0.2, 0.25) is 5.91 Å². The van der Waals surface area contributed by atoms with Crippen molar-refractivity contribution in [2.45, 2.75) is 11.8 Å². The third kappa shape index (κ3) is 5.30. The highest BCUT2D eigenvalue weighted by atomic mass is 35.5. The maximum absolute atomic E-state index is 13.7. The Balaban J connectivity index is 2.06. The molecule has 1 amide bonds. The molecule has 0 aromatic heterocycles. The number of carbonyl (C=O) groups excluding carboxylic acids is 1. The van der Waals surface area contributed by atoms with Crippen molar-refractivity contribution in [3.8, 4) is 5.75 Å². The lowest BCUT2D eigenvalue weighted by Gasteiger charge is -2.25. The van der Waals surface area contributed by atoms with Gasteiger partial charge in [-0.15, -0.1) is 0 Å². The molecule has 0 saturated heterocycles. The number of nitrogens with one attached hydrogen (secondary N) is 1. The van der Waals surface area contributed by atoms with Crippen LogP contribution in [0.25, 0.3) is 0 Å². The Kier molecular flexibility index (Phi) is 7.56. The van der Waals surface area contributed by atoms with Crippen molar-refractivity contribution in [3.63, 3.8) is 0 Å². The topological polar surface area (TPSA) is 75.7 Å². The van der Waals surface area contributed by atoms with E-state index in [9.17, 15) is 13.2 Å². The number of rotatable bonds is 7. The number of amides is 1. The Bertz CT molecular complexity index is 1270. The molecule has 32 heavy (non-hydrogen) atoms. The first kappa shape index (κ1) is 24.2. The van der Waals surface area contributed by atoms with Crippen molar-refractivity contribution in [2.24, 2.45) is 0 Å². The molecular formula is C22H19Cl3N2O4S. The number of sulfonamides is 1. The van der Waals surface area contributed by atoms with E-state index in [-0.39, 0.29) is 26.4 Å². The monoisotopic (exact) mass is 512 g/mol. The number of halogens is 3. The van der Waals surface area contributed by atoms with Crippen molar-refractivity contribution in [2.75, 3.05) is 23.3 Å². The van der Waals surface area contributed by atoms with Crippen LogP contribution in [-0.4, -0.2) is 28.0 Å². The molecule has 3 rings (SSSR count). The summed E-state index contributed by atoms with van der Waals surface area (Å²) in [6.07, 6.45) is 0. The number of methoxy groups -OCH3 is 1. The smallest absolute Gasteiger partial charge is 0.268 e. The number of anilines is 2. The molecule has 0 spiro atoms. The van der Waals surface area contributed by atoms with Gasteiger partial charge in [0, 0.05) is 0 Å². The molecule has 0 bridgehead atoms. The lowest BCUT2D eigenvalue weighted by Crippen LogP contribution is -2.38. The van der Waals surface area contributed by atoms with Gasteiger partial charge < -0.3 is 10.1 Å². The summed E-state index contributed by atoms with van der Waals surface area (Å²) in [4.78, 5) is 12.7. The molecule has 6 nitrogen and oxygen atoms in total. The van der Waals surface area contributed by atoms with Gasteiger partial charge in [0.15, 0.2) is 0 Å². The standard InChI is InChI=1S/C22H19Cl3N2O4S/c1-14-7-10-20(31-2)21(11-14)32(29,30)27(15-8-9-16(23)18(25)12-15)13-22(28)26-19-6-4-3-5-17(19)24/h3-12H,13H2,1-2H3,(H,26,28). The Morgan fingerprint density at radius 2 is 1.69 bits per heavy atom. The lowest BCUT2D eigenvalue weighted by molar-refractivity contribution is -0.114. The van der Waals surface area contributed by atoms with Crippen LogP contribution in [0.5, 0.6) is 5.75 Å². The second-order valence-corrected chi connectivity index (χ2v) is 9.84. The molecule has 168 valence electrons. The molecule has 0 aliphatic rings. The maximum atomic E-state index is 13.7. The van der Waals surface area contributed by atoms with Crippen LogP contribution in [0, 0.1) is 6.92 Å². The Morgan fingerprint density at radius 1 is 0.969 bits per heavy atom. The molecule has 0 atom stereocenters. The number of benzene rings is 3. The molecule has 0 unspecified atom stereocenters. The molecule has 0 fully saturated rings. The van der Waals surface area contributed by atoms with E-state index in [1.54, 1.807) is 43.3 Å². The summed E-state index contributed by atoms with van der Waals surface area (Å²) >= 11 is 18.2. The molecule has 1 N–H and O–H groups in total. The molecule has 10 heteroatoms. The van der Waals surface area contributed by atoms with E-state index >= 15 is 0 Å². The molecule has 3 aromatic rings. The average Bonchev–Trinajstić information content (AvgIpc) is 2.75. The van der Waals surface area contributed by atoms with E-state index in [2.05, 4.69) is 5.32 Å². The van der Waals surface area contributed by atoms with Gasteiger partial charge in [-0.1, -0.05) is 53.0 Å². The van der Waals surface area contributed by atoms with Crippen LogP contribution in [-0.2, 0) is 14.8 Å². The maximum Gasteiger partial charge on any atom is 0.268 e. The summed E-state index contributed by atoms with van der Waals surface area (Å²) in [7, 11) is -2.86. The number of para-hydroxylation sites is 1. The first-order chi connectivity index (χ1) is 15.1. The first-order valence-corrected chi connectivity index (χ1v) is 11.9. The van der Waals surface area contributed by atoms with Crippen molar-refractivity contribution >= 4 is 62.1 Å². The van der Waals surface area contributed by atoms with Gasteiger partial charge in [0.25, 0.3) is 10.0 Å². The van der Waals surface area contributed by atoms with Crippen molar-refractivity contribution < 1.29 is 17.9 Å². The second-order valence-electron chi connectivity index (χ2n) is 6.79. The summed E-state index contributed by atoms with van der Waals surface area (Å²) in [5.41, 5.74) is 1.23. The number of hydrogen-bond donors (Lipinski definition) is 1. The predicted octanol–water partition coefficient (Wildman–Crippen LogP) is 5.80. The Morgan fingerprint density at radius 3 is 2.34 bits per heavy atom. The normalized spacial score (nSPS) is 11.2. The summed E-state index contributed by atoms with van der Waals surface area (Å²) in [6.45, 7) is 1.22. The highest BCUT2D eigenvalue weighted by molar-refractivity contribution is 7.93. The third-order valence-corrected chi connectivity index (χ3v) is 7.38. The zero-order valence-electron chi connectivity index (χ0n) is 17.1. The molecule has 3 aromatic carbocycles. The van der Waals surface area contributed by atoms with E-state index in [0.29, 0.717) is 16.3 Å². The minimum absolute atomic E-state index is 0.0865. The van der Waals surface area contributed by atoms with Crippen molar-refractivity contribution in [1.82, 2.24) is 0 Å². The Hall–Kier alpha value is -2.45. The van der Waals surface area contributed by atoms with Crippen LogP contribution in [0.1, 0.15) is 5.56 Å². The van der Waals surface area contributed by atoms with E-state index in [1.807, 2.05) is 0 Å². The van der Waals surface area contributed by atoms with Crippen LogP contribution in [0.15, 0.2) is 65.6 Å². The van der Waals surface area contributed by atoms with Gasteiger partial charge >= 0.3 is 0 Å². The zero-order chi connectivity index (χ0) is 23.5. The van der Waals surface area contributed by atoms with E-state index in [0.717, 1.165) is 4.31 Å². The number of ether oxygens (including phenoxy) is 1. The average molecular weight is 514 g/mol. The fourth-order valence-corrected chi connectivity index (χ4v) is 5.07. The highest BCUT2D eigenvalue weighted by Gasteiger charge is 2.30. The number of nitrogens with zero attached hydrogens (tertiary/aromatic N) is 1. The van der Waals surface area contributed by atoms with E-state index < -0.39 is 22.5 Å². The number of hydrogen-bond acceptors (Lipinski definition) is 4. The molecule has 0 saturated carbocycles.